The van der Waals surface area contributed by atoms with Crippen molar-refractivity contribution < 1.29 is 14.3 Å². The summed E-state index contributed by atoms with van der Waals surface area (Å²) in [6, 6.07) is 13.9. The van der Waals surface area contributed by atoms with Crippen LogP contribution < -0.4 is 14.8 Å². The first-order chi connectivity index (χ1) is 13.1. The van der Waals surface area contributed by atoms with Gasteiger partial charge >= 0.3 is 6.03 Å². The number of rotatable bonds is 4. The molecular weight excluding hydrogens is 340 g/mol. The minimum Gasteiger partial charge on any atom is -0.497 e. The van der Waals surface area contributed by atoms with E-state index in [1.165, 1.54) is 11.1 Å². The molecule has 0 bridgehead atoms. The van der Waals surface area contributed by atoms with E-state index in [1.54, 1.807) is 32.4 Å². The Hall–Kier alpha value is -2.69. The summed E-state index contributed by atoms with van der Waals surface area (Å²) < 4.78 is 10.6. The number of ether oxygens (including phenoxy) is 2. The lowest BCUT2D eigenvalue weighted by Crippen LogP contribution is -2.38. The lowest BCUT2D eigenvalue weighted by atomic mass is 10.00. The first-order valence-electron chi connectivity index (χ1n) is 9.48. The number of carbonyl (C=O) groups is 1. The Bertz CT molecular complexity index is 751. The van der Waals surface area contributed by atoms with Crippen molar-refractivity contribution >= 4 is 11.7 Å². The van der Waals surface area contributed by atoms with Gasteiger partial charge in [0.25, 0.3) is 0 Å². The van der Waals surface area contributed by atoms with Crippen LogP contribution in [0.2, 0.25) is 0 Å². The number of hydrogen-bond donors (Lipinski definition) is 1. The van der Waals surface area contributed by atoms with Crippen molar-refractivity contribution in [2.24, 2.45) is 0 Å². The van der Waals surface area contributed by atoms with Crippen molar-refractivity contribution in [3.63, 3.8) is 0 Å². The van der Waals surface area contributed by atoms with Crippen LogP contribution in [0.15, 0.2) is 42.5 Å². The molecule has 5 heteroatoms. The summed E-state index contributed by atoms with van der Waals surface area (Å²) in [6.45, 7) is 2.84. The number of likely N-dealkylation sites (tertiary alicyclic amines) is 1. The predicted molar refractivity (Wildman–Crippen MR) is 108 cm³/mol. The van der Waals surface area contributed by atoms with Crippen molar-refractivity contribution in [3.05, 3.63) is 53.6 Å². The molecule has 0 aliphatic carbocycles. The van der Waals surface area contributed by atoms with Gasteiger partial charge in [-0.1, -0.05) is 42.7 Å². The van der Waals surface area contributed by atoms with Gasteiger partial charge in [-0.15, -0.1) is 0 Å². The Morgan fingerprint density at radius 2 is 1.67 bits per heavy atom. The molecule has 144 valence electrons. The van der Waals surface area contributed by atoms with Crippen LogP contribution >= 0.6 is 0 Å². The first kappa shape index (κ1) is 19.1. The highest BCUT2D eigenvalue weighted by atomic mass is 16.5. The monoisotopic (exact) mass is 368 g/mol. The highest BCUT2D eigenvalue weighted by Gasteiger charge is 2.27. The van der Waals surface area contributed by atoms with E-state index in [2.05, 4.69) is 36.5 Å². The second-order valence-corrected chi connectivity index (χ2v) is 7.00. The zero-order chi connectivity index (χ0) is 19.2. The topological polar surface area (TPSA) is 50.8 Å². The van der Waals surface area contributed by atoms with E-state index in [1.807, 2.05) is 4.90 Å². The highest BCUT2D eigenvalue weighted by molar-refractivity contribution is 5.90. The van der Waals surface area contributed by atoms with E-state index in [4.69, 9.17) is 9.47 Å². The number of nitrogens with zero attached hydrogens (tertiary/aromatic N) is 1. The smallest absolute Gasteiger partial charge is 0.322 e. The highest BCUT2D eigenvalue weighted by Crippen LogP contribution is 2.32. The minimum atomic E-state index is -0.0854. The van der Waals surface area contributed by atoms with Crippen molar-refractivity contribution in [1.82, 2.24) is 4.90 Å². The third-order valence-electron chi connectivity index (χ3n) is 5.08. The Morgan fingerprint density at radius 1 is 1.00 bits per heavy atom. The molecule has 0 aromatic heterocycles. The molecule has 1 aliphatic rings. The number of benzene rings is 2. The zero-order valence-corrected chi connectivity index (χ0v) is 16.3. The molecule has 1 atom stereocenters. The Kier molecular flexibility index (Phi) is 6.22. The molecule has 0 unspecified atom stereocenters. The Morgan fingerprint density at radius 3 is 2.30 bits per heavy atom. The number of nitrogens with one attached hydrogen (secondary N) is 1. The molecular formula is C22H28N2O3. The second kappa shape index (κ2) is 8.80. The molecule has 1 saturated heterocycles. The molecule has 27 heavy (non-hydrogen) atoms. The predicted octanol–water partition coefficient (Wildman–Crippen LogP) is 5.16. The van der Waals surface area contributed by atoms with Crippen molar-refractivity contribution in [3.8, 4) is 11.5 Å². The quantitative estimate of drug-likeness (QED) is 0.811. The van der Waals surface area contributed by atoms with Gasteiger partial charge in [-0.05, 0) is 25.3 Å². The van der Waals surface area contributed by atoms with E-state index < -0.39 is 0 Å². The maximum Gasteiger partial charge on any atom is 0.322 e. The summed E-state index contributed by atoms with van der Waals surface area (Å²) in [7, 11) is 3.20. The van der Waals surface area contributed by atoms with Crippen molar-refractivity contribution in [1.29, 1.82) is 0 Å². The van der Waals surface area contributed by atoms with Gasteiger partial charge in [0.05, 0.1) is 20.3 Å². The number of hydrogen-bond acceptors (Lipinski definition) is 3. The van der Waals surface area contributed by atoms with Gasteiger partial charge in [0.15, 0.2) is 0 Å². The standard InChI is InChI=1S/C22H28N2O3/c1-16-8-10-17(11-9-16)21-7-5-4-6-12-24(21)22(25)23-18-13-19(26-2)15-20(14-18)27-3/h8-11,13-15,21H,4-7,12H2,1-3H3,(H,23,25)/t21-/m1/s1. The molecule has 1 fully saturated rings. The van der Waals surface area contributed by atoms with Crippen molar-refractivity contribution in [2.75, 3.05) is 26.1 Å². The SMILES string of the molecule is COc1cc(NC(=O)N2CCCCC[C@@H]2c2ccc(C)cc2)cc(OC)c1. The first-order valence-corrected chi connectivity index (χ1v) is 9.48. The van der Waals surface area contributed by atoms with Gasteiger partial charge in [-0.2, -0.15) is 0 Å². The van der Waals surface area contributed by atoms with Crippen LogP contribution in [0, 0.1) is 6.92 Å². The number of urea groups is 1. The number of carbonyl (C=O) groups excluding carboxylic acids is 1. The van der Waals surface area contributed by atoms with Gasteiger partial charge in [-0.25, -0.2) is 4.79 Å². The summed E-state index contributed by atoms with van der Waals surface area (Å²) in [5.41, 5.74) is 3.09. The fraction of sp³-hybridized carbons (Fsp3) is 0.409. The molecule has 1 heterocycles. The molecule has 0 radical (unpaired) electrons. The number of aryl methyl sites for hydroxylation is 1. The van der Waals surface area contributed by atoms with Crippen molar-refractivity contribution in [2.45, 2.75) is 38.6 Å². The van der Waals surface area contributed by atoms with Crippen LogP contribution in [0.4, 0.5) is 10.5 Å². The molecule has 2 amide bonds. The molecule has 0 spiro atoms. The van der Waals surface area contributed by atoms with E-state index in [9.17, 15) is 4.79 Å². The van der Waals surface area contributed by atoms with Gasteiger partial charge in [0.2, 0.25) is 0 Å². The number of anilines is 1. The molecule has 2 aromatic rings. The second-order valence-electron chi connectivity index (χ2n) is 7.00. The van der Waals surface area contributed by atoms with E-state index in [-0.39, 0.29) is 12.1 Å². The molecule has 1 aliphatic heterocycles. The molecule has 2 aromatic carbocycles. The molecule has 1 N–H and O–H groups in total. The molecule has 3 rings (SSSR count). The molecule has 5 nitrogen and oxygen atoms in total. The van der Waals surface area contributed by atoms with Gasteiger partial charge in [0, 0.05) is 30.4 Å². The average Bonchev–Trinajstić information content (AvgIpc) is 2.94. The fourth-order valence-electron chi connectivity index (χ4n) is 3.56. The summed E-state index contributed by atoms with van der Waals surface area (Å²) in [5, 5.41) is 3.03. The lowest BCUT2D eigenvalue weighted by Gasteiger charge is -2.30. The largest absolute Gasteiger partial charge is 0.497 e. The average molecular weight is 368 g/mol. The maximum atomic E-state index is 13.1. The number of methoxy groups -OCH3 is 2. The van der Waals surface area contributed by atoms with Crippen LogP contribution in [0.5, 0.6) is 11.5 Å². The number of amides is 2. The summed E-state index contributed by atoms with van der Waals surface area (Å²) >= 11 is 0. The zero-order valence-electron chi connectivity index (χ0n) is 16.3. The summed E-state index contributed by atoms with van der Waals surface area (Å²) in [6.07, 6.45) is 4.30. The van der Waals surface area contributed by atoms with Crippen LogP contribution in [0.25, 0.3) is 0 Å². The minimum absolute atomic E-state index is 0.0854. The van der Waals surface area contributed by atoms with Crippen LogP contribution in [-0.4, -0.2) is 31.7 Å². The van der Waals surface area contributed by atoms with Crippen LogP contribution in [0.3, 0.4) is 0 Å². The molecule has 0 saturated carbocycles. The fourth-order valence-corrected chi connectivity index (χ4v) is 3.56. The third-order valence-corrected chi connectivity index (χ3v) is 5.08. The van der Waals surface area contributed by atoms with Crippen LogP contribution in [-0.2, 0) is 0 Å². The van der Waals surface area contributed by atoms with Gasteiger partial charge in [0.1, 0.15) is 11.5 Å². The summed E-state index contributed by atoms with van der Waals surface area (Å²) in [5.74, 6) is 1.30. The normalized spacial score (nSPS) is 17.1. The van der Waals surface area contributed by atoms with Gasteiger partial charge < -0.3 is 19.7 Å². The van der Waals surface area contributed by atoms with Gasteiger partial charge in [-0.3, -0.25) is 0 Å². The summed E-state index contributed by atoms with van der Waals surface area (Å²) in [4.78, 5) is 15.1. The van der Waals surface area contributed by atoms with E-state index in [0.717, 1.165) is 32.2 Å². The van der Waals surface area contributed by atoms with Crippen LogP contribution in [0.1, 0.15) is 42.9 Å². The Labute approximate surface area is 161 Å². The lowest BCUT2D eigenvalue weighted by molar-refractivity contribution is 0.189. The van der Waals surface area contributed by atoms with E-state index in [0.29, 0.717) is 17.2 Å². The third kappa shape index (κ3) is 4.73. The Balaban J connectivity index is 1.83. The van der Waals surface area contributed by atoms with E-state index >= 15 is 0 Å². The maximum absolute atomic E-state index is 13.1.